The minimum Gasteiger partial charge on any atom is -0.324 e. The van der Waals surface area contributed by atoms with E-state index in [1.54, 1.807) is 48.5 Å². The van der Waals surface area contributed by atoms with E-state index < -0.39 is 10.0 Å². The molecule has 3 rings (SSSR count). The molecule has 1 aliphatic heterocycles. The number of sulfonamides is 1. The minimum atomic E-state index is -3.52. The first kappa shape index (κ1) is 20.3. The predicted octanol–water partition coefficient (Wildman–Crippen LogP) is 3.05. The Morgan fingerprint density at radius 1 is 1.04 bits per heavy atom. The quantitative estimate of drug-likeness (QED) is 0.726. The van der Waals surface area contributed by atoms with Gasteiger partial charge < -0.3 is 5.32 Å². The molecule has 1 fully saturated rings. The van der Waals surface area contributed by atoms with Crippen molar-refractivity contribution < 1.29 is 13.2 Å². The molecule has 2 aromatic rings. The van der Waals surface area contributed by atoms with Crippen molar-refractivity contribution >= 4 is 49.1 Å². The average molecular weight is 473 g/mol. The fourth-order valence-electron chi connectivity index (χ4n) is 2.84. The number of carbonyl (C=O) groups excluding carboxylic acids is 1. The maximum absolute atomic E-state index is 12.7. The van der Waals surface area contributed by atoms with Crippen molar-refractivity contribution in [1.82, 2.24) is 9.21 Å². The molecule has 0 aromatic heterocycles. The molecule has 1 heterocycles. The third-order valence-corrected chi connectivity index (χ3v) is 7.07. The van der Waals surface area contributed by atoms with Crippen LogP contribution in [-0.4, -0.2) is 56.3 Å². The molecular formula is C18H19BrClN3O3S. The summed E-state index contributed by atoms with van der Waals surface area (Å²) in [5.41, 5.74) is 0.570. The van der Waals surface area contributed by atoms with Gasteiger partial charge in [-0.15, -0.1) is 0 Å². The van der Waals surface area contributed by atoms with E-state index in [1.165, 1.54) is 4.31 Å². The molecule has 1 N–H and O–H groups in total. The lowest BCUT2D eigenvalue weighted by atomic mass is 10.3. The molecule has 9 heteroatoms. The van der Waals surface area contributed by atoms with Crippen LogP contribution >= 0.6 is 27.5 Å². The summed E-state index contributed by atoms with van der Waals surface area (Å²) in [6.45, 7) is 1.87. The van der Waals surface area contributed by atoms with E-state index >= 15 is 0 Å². The summed E-state index contributed by atoms with van der Waals surface area (Å²) >= 11 is 9.35. The fourth-order valence-corrected chi connectivity index (χ4v) is 4.71. The first-order valence-electron chi connectivity index (χ1n) is 8.39. The Labute approximate surface area is 172 Å². The molecule has 2 aromatic carbocycles. The number of nitrogens with zero attached hydrogens (tertiary/aromatic N) is 2. The number of rotatable bonds is 5. The predicted molar refractivity (Wildman–Crippen MR) is 109 cm³/mol. The molecule has 1 saturated heterocycles. The van der Waals surface area contributed by atoms with E-state index in [4.69, 9.17) is 11.6 Å². The molecule has 0 bridgehead atoms. The van der Waals surface area contributed by atoms with Crippen molar-refractivity contribution in [2.45, 2.75) is 4.90 Å². The lowest BCUT2D eigenvalue weighted by Crippen LogP contribution is -2.50. The third-order valence-electron chi connectivity index (χ3n) is 4.30. The van der Waals surface area contributed by atoms with Gasteiger partial charge in [0.2, 0.25) is 15.9 Å². The van der Waals surface area contributed by atoms with Crippen LogP contribution in [0, 0.1) is 0 Å². The van der Waals surface area contributed by atoms with E-state index in [0.29, 0.717) is 36.9 Å². The first-order valence-corrected chi connectivity index (χ1v) is 11.0. The van der Waals surface area contributed by atoms with Crippen molar-refractivity contribution in [3.63, 3.8) is 0 Å². The smallest absolute Gasteiger partial charge is 0.243 e. The lowest BCUT2D eigenvalue weighted by molar-refractivity contribution is -0.117. The maximum atomic E-state index is 12.7. The van der Waals surface area contributed by atoms with Crippen LogP contribution in [0.2, 0.25) is 5.02 Å². The van der Waals surface area contributed by atoms with E-state index in [1.807, 2.05) is 4.90 Å². The van der Waals surface area contributed by atoms with Gasteiger partial charge in [0.15, 0.2) is 0 Å². The first-order chi connectivity index (χ1) is 12.9. The normalized spacial score (nSPS) is 16.2. The zero-order valence-corrected chi connectivity index (χ0v) is 17.6. The van der Waals surface area contributed by atoms with Crippen LogP contribution in [0.25, 0.3) is 0 Å². The van der Waals surface area contributed by atoms with Crippen LogP contribution in [0.5, 0.6) is 0 Å². The van der Waals surface area contributed by atoms with E-state index in [-0.39, 0.29) is 17.3 Å². The summed E-state index contributed by atoms with van der Waals surface area (Å²) in [4.78, 5) is 14.4. The number of nitrogens with one attached hydrogen (secondary N) is 1. The van der Waals surface area contributed by atoms with Gasteiger partial charge in [-0.25, -0.2) is 8.42 Å². The van der Waals surface area contributed by atoms with Crippen LogP contribution in [0.3, 0.4) is 0 Å². The van der Waals surface area contributed by atoms with Gasteiger partial charge in [-0.05, 0) is 36.4 Å². The summed E-state index contributed by atoms with van der Waals surface area (Å²) in [7, 11) is -3.52. The maximum Gasteiger partial charge on any atom is 0.243 e. The SMILES string of the molecule is O=C(CN1CCN(S(=O)(=O)c2ccc(Br)cc2)CC1)Nc1ccccc1Cl. The highest BCUT2D eigenvalue weighted by Gasteiger charge is 2.29. The topological polar surface area (TPSA) is 69.7 Å². The van der Waals surface area contributed by atoms with Crippen LogP contribution in [0.4, 0.5) is 5.69 Å². The van der Waals surface area contributed by atoms with E-state index in [2.05, 4.69) is 21.2 Å². The van der Waals surface area contributed by atoms with Crippen molar-refractivity contribution in [3.05, 3.63) is 58.0 Å². The zero-order valence-electron chi connectivity index (χ0n) is 14.4. The second kappa shape index (κ2) is 8.70. The highest BCUT2D eigenvalue weighted by molar-refractivity contribution is 9.10. The number of hydrogen-bond acceptors (Lipinski definition) is 4. The Bertz CT molecular complexity index is 914. The Kier molecular flexibility index (Phi) is 6.54. The number of benzene rings is 2. The average Bonchev–Trinajstić information content (AvgIpc) is 2.64. The van der Waals surface area contributed by atoms with Gasteiger partial charge in [-0.3, -0.25) is 9.69 Å². The van der Waals surface area contributed by atoms with Gasteiger partial charge >= 0.3 is 0 Å². The molecule has 1 aliphatic rings. The van der Waals surface area contributed by atoms with Crippen LogP contribution < -0.4 is 5.32 Å². The standard InChI is InChI=1S/C18H19BrClN3O3S/c19-14-5-7-15(8-6-14)27(25,26)23-11-9-22(10-12-23)13-18(24)21-17-4-2-1-3-16(17)20/h1-8H,9-13H2,(H,21,24). The van der Waals surface area contributed by atoms with Crippen LogP contribution in [-0.2, 0) is 14.8 Å². The van der Waals surface area contributed by atoms with Crippen LogP contribution in [0.1, 0.15) is 0 Å². The highest BCUT2D eigenvalue weighted by atomic mass is 79.9. The van der Waals surface area contributed by atoms with Gasteiger partial charge in [-0.2, -0.15) is 4.31 Å². The fraction of sp³-hybridized carbons (Fsp3) is 0.278. The summed E-state index contributed by atoms with van der Waals surface area (Å²) in [5.74, 6) is -0.174. The Hall–Kier alpha value is -1.45. The van der Waals surface area contributed by atoms with E-state index in [9.17, 15) is 13.2 Å². The molecule has 27 heavy (non-hydrogen) atoms. The van der Waals surface area contributed by atoms with Crippen molar-refractivity contribution in [3.8, 4) is 0 Å². The van der Waals surface area contributed by atoms with Crippen molar-refractivity contribution in [2.75, 3.05) is 38.0 Å². The number of para-hydroxylation sites is 1. The van der Waals surface area contributed by atoms with Crippen molar-refractivity contribution in [2.24, 2.45) is 0 Å². The monoisotopic (exact) mass is 471 g/mol. The number of piperazine rings is 1. The molecule has 0 radical (unpaired) electrons. The van der Waals surface area contributed by atoms with Gasteiger partial charge in [0.1, 0.15) is 0 Å². The lowest BCUT2D eigenvalue weighted by Gasteiger charge is -2.33. The molecule has 0 saturated carbocycles. The molecule has 1 amide bonds. The summed E-state index contributed by atoms with van der Waals surface area (Å²) < 4.78 is 27.7. The number of carbonyl (C=O) groups is 1. The molecule has 6 nitrogen and oxygen atoms in total. The third kappa shape index (κ3) is 5.08. The zero-order chi connectivity index (χ0) is 19.4. The van der Waals surface area contributed by atoms with Gasteiger partial charge in [0.05, 0.1) is 22.2 Å². The summed E-state index contributed by atoms with van der Waals surface area (Å²) in [5, 5.41) is 3.26. The number of anilines is 1. The molecule has 0 spiro atoms. The molecule has 0 aliphatic carbocycles. The molecule has 0 unspecified atom stereocenters. The molecule has 0 atom stereocenters. The van der Waals surface area contributed by atoms with Gasteiger partial charge in [0, 0.05) is 30.7 Å². The highest BCUT2D eigenvalue weighted by Crippen LogP contribution is 2.21. The van der Waals surface area contributed by atoms with Gasteiger partial charge in [0.25, 0.3) is 0 Å². The summed E-state index contributed by atoms with van der Waals surface area (Å²) in [6.07, 6.45) is 0. The number of amides is 1. The van der Waals surface area contributed by atoms with Gasteiger partial charge in [-0.1, -0.05) is 39.7 Å². The van der Waals surface area contributed by atoms with Crippen molar-refractivity contribution in [1.29, 1.82) is 0 Å². The van der Waals surface area contributed by atoms with Crippen LogP contribution in [0.15, 0.2) is 57.9 Å². The molecule has 144 valence electrons. The second-order valence-electron chi connectivity index (χ2n) is 6.16. The Morgan fingerprint density at radius 2 is 1.67 bits per heavy atom. The largest absolute Gasteiger partial charge is 0.324 e. The minimum absolute atomic E-state index is 0.174. The number of hydrogen-bond donors (Lipinski definition) is 1. The Balaban J connectivity index is 1.55. The number of halogens is 2. The Morgan fingerprint density at radius 3 is 2.30 bits per heavy atom. The van der Waals surface area contributed by atoms with E-state index in [0.717, 1.165) is 4.47 Å². The molecular weight excluding hydrogens is 454 g/mol. The summed E-state index contributed by atoms with van der Waals surface area (Å²) in [6, 6.07) is 13.6. The second-order valence-corrected chi connectivity index (χ2v) is 9.42.